The fraction of sp³-hybridized carbons (Fsp3) is 0.0909. The second-order valence-electron chi connectivity index (χ2n) is 4.01. The Balaban J connectivity index is 2.14. The number of benzene rings is 1. The molecule has 1 heterocycles. The van der Waals surface area contributed by atoms with Crippen molar-refractivity contribution in [2.24, 2.45) is 5.14 Å². The highest BCUT2D eigenvalue weighted by atomic mass is 32.2. The number of nitrogens with one attached hydrogen (secondary N) is 2. The Labute approximate surface area is 115 Å². The molecular weight excluding hydrogens is 284 g/mol. The van der Waals surface area contributed by atoms with Crippen LogP contribution < -0.4 is 15.2 Å². The molecule has 0 saturated carbocycles. The third kappa shape index (κ3) is 3.80. The molecule has 0 aliphatic carbocycles. The van der Waals surface area contributed by atoms with Gasteiger partial charge in [-0.2, -0.15) is 8.42 Å². The Hall–Kier alpha value is -2.39. The maximum Gasteiger partial charge on any atom is 0.296 e. The Morgan fingerprint density at radius 1 is 1.30 bits per heavy atom. The van der Waals surface area contributed by atoms with E-state index in [-0.39, 0.29) is 11.4 Å². The highest BCUT2D eigenvalue weighted by molar-refractivity contribution is 7.90. The molecule has 1 aromatic heterocycles. The summed E-state index contributed by atoms with van der Waals surface area (Å²) in [4.78, 5) is 11.8. The maximum atomic E-state index is 11.8. The van der Waals surface area contributed by atoms with Gasteiger partial charge in [-0.25, -0.2) is 5.14 Å². The maximum absolute atomic E-state index is 11.8. The van der Waals surface area contributed by atoms with Crippen LogP contribution in [-0.4, -0.2) is 19.5 Å². The number of carbonyl (C=O) groups excluding carboxylic acids is 1. The summed E-state index contributed by atoms with van der Waals surface area (Å²) < 4.78 is 28.7. The number of nitrogens with two attached hydrogens (primary N) is 1. The van der Waals surface area contributed by atoms with E-state index in [9.17, 15) is 13.2 Å². The highest BCUT2D eigenvalue weighted by Crippen LogP contribution is 2.16. The first kappa shape index (κ1) is 14.0. The lowest BCUT2D eigenvalue weighted by molar-refractivity contribution is 0.0988. The van der Waals surface area contributed by atoms with Crippen LogP contribution in [0.1, 0.15) is 16.2 Å². The molecule has 0 radical (unpaired) electrons. The van der Waals surface area contributed by atoms with Gasteiger partial charge in [-0.15, -0.1) is 0 Å². The van der Waals surface area contributed by atoms with E-state index in [0.29, 0.717) is 11.4 Å². The topological polar surface area (TPSA) is 127 Å². The average Bonchev–Trinajstić information content (AvgIpc) is 2.74. The third-order valence-corrected chi connectivity index (χ3v) is 2.75. The molecule has 0 unspecified atom stereocenters. The number of hydrogen-bond acceptors (Lipinski definition) is 5. The van der Waals surface area contributed by atoms with Gasteiger partial charge in [0.15, 0.2) is 0 Å². The monoisotopic (exact) mass is 296 g/mol. The van der Waals surface area contributed by atoms with E-state index in [2.05, 4.69) is 15.2 Å². The van der Waals surface area contributed by atoms with Crippen LogP contribution in [0, 0.1) is 6.92 Å². The number of amides is 1. The summed E-state index contributed by atoms with van der Waals surface area (Å²) in [5.41, 5.74) is 1.21. The number of rotatable bonds is 4. The van der Waals surface area contributed by atoms with Crippen LogP contribution in [0.25, 0.3) is 0 Å². The van der Waals surface area contributed by atoms with Gasteiger partial charge < -0.3 is 9.84 Å². The van der Waals surface area contributed by atoms with Crippen molar-refractivity contribution in [1.82, 2.24) is 5.16 Å². The van der Waals surface area contributed by atoms with Crippen LogP contribution in [-0.2, 0) is 10.2 Å². The summed E-state index contributed by atoms with van der Waals surface area (Å²) in [6, 6.07) is 7.57. The van der Waals surface area contributed by atoms with Crippen molar-refractivity contribution in [2.75, 3.05) is 10.0 Å². The van der Waals surface area contributed by atoms with E-state index in [4.69, 9.17) is 9.66 Å². The van der Waals surface area contributed by atoms with Crippen LogP contribution in [0.4, 0.5) is 11.4 Å². The second kappa shape index (κ2) is 5.31. The summed E-state index contributed by atoms with van der Waals surface area (Å²) in [7, 11) is -3.86. The van der Waals surface area contributed by atoms with Crippen molar-refractivity contribution in [3.63, 3.8) is 0 Å². The summed E-state index contributed by atoms with van der Waals surface area (Å²) in [6.07, 6.45) is 0. The molecule has 8 nitrogen and oxygen atoms in total. The fourth-order valence-electron chi connectivity index (χ4n) is 1.49. The minimum absolute atomic E-state index is 0.0623. The second-order valence-corrected chi connectivity index (χ2v) is 5.31. The zero-order valence-electron chi connectivity index (χ0n) is 10.5. The Morgan fingerprint density at radius 3 is 2.60 bits per heavy atom. The molecule has 0 bridgehead atoms. The molecule has 0 saturated heterocycles. The molecule has 0 atom stereocenters. The molecule has 4 N–H and O–H groups in total. The van der Waals surface area contributed by atoms with Gasteiger partial charge in [-0.05, 0) is 25.1 Å². The zero-order chi connectivity index (χ0) is 14.8. The van der Waals surface area contributed by atoms with Gasteiger partial charge in [0, 0.05) is 11.8 Å². The van der Waals surface area contributed by atoms with E-state index in [1.165, 1.54) is 18.2 Å². The van der Waals surface area contributed by atoms with Crippen molar-refractivity contribution in [3.05, 3.63) is 41.8 Å². The first-order valence-corrected chi connectivity index (χ1v) is 7.03. The number of aryl methyl sites for hydroxylation is 1. The molecule has 20 heavy (non-hydrogen) atoms. The normalized spacial score (nSPS) is 11.1. The van der Waals surface area contributed by atoms with Crippen molar-refractivity contribution in [3.8, 4) is 0 Å². The van der Waals surface area contributed by atoms with Crippen molar-refractivity contribution < 1.29 is 17.7 Å². The van der Waals surface area contributed by atoms with E-state index in [0.717, 1.165) is 0 Å². The SMILES string of the molecule is Cc1cc(C(=O)Nc2cccc(NS(N)(=O)=O)c2)on1. The molecule has 9 heteroatoms. The van der Waals surface area contributed by atoms with Gasteiger partial charge in [0.2, 0.25) is 5.76 Å². The number of carbonyl (C=O) groups is 1. The lowest BCUT2D eigenvalue weighted by atomic mass is 10.2. The Morgan fingerprint density at radius 2 is 2.00 bits per heavy atom. The Kier molecular flexibility index (Phi) is 3.72. The molecule has 0 aliphatic heterocycles. The third-order valence-electron chi connectivity index (χ3n) is 2.23. The lowest BCUT2D eigenvalue weighted by Crippen LogP contribution is -2.21. The van der Waals surface area contributed by atoms with Gasteiger partial charge in [-0.1, -0.05) is 11.2 Å². The molecule has 0 aliphatic rings. The number of nitrogens with zero attached hydrogens (tertiary/aromatic N) is 1. The fourth-order valence-corrected chi connectivity index (χ4v) is 1.94. The zero-order valence-corrected chi connectivity index (χ0v) is 11.3. The molecular formula is C11H12N4O4S. The van der Waals surface area contributed by atoms with Crippen LogP contribution in [0.3, 0.4) is 0 Å². The molecule has 0 spiro atoms. The van der Waals surface area contributed by atoms with Crippen LogP contribution in [0.5, 0.6) is 0 Å². The van der Waals surface area contributed by atoms with E-state index < -0.39 is 16.1 Å². The van der Waals surface area contributed by atoms with Crippen molar-refractivity contribution in [1.29, 1.82) is 0 Å². The summed E-state index contributed by atoms with van der Waals surface area (Å²) >= 11 is 0. The van der Waals surface area contributed by atoms with Gasteiger partial charge in [0.05, 0.1) is 11.4 Å². The van der Waals surface area contributed by atoms with Gasteiger partial charge in [0.25, 0.3) is 16.1 Å². The van der Waals surface area contributed by atoms with Crippen LogP contribution in [0.15, 0.2) is 34.9 Å². The lowest BCUT2D eigenvalue weighted by Gasteiger charge is -2.06. The number of hydrogen-bond donors (Lipinski definition) is 3. The minimum Gasteiger partial charge on any atom is -0.351 e. The Bertz CT molecular complexity index is 738. The number of anilines is 2. The molecule has 0 fully saturated rings. The van der Waals surface area contributed by atoms with Gasteiger partial charge in [-0.3, -0.25) is 9.52 Å². The average molecular weight is 296 g/mol. The summed E-state index contributed by atoms with van der Waals surface area (Å²) in [5.74, 6) is -0.425. The molecule has 2 aromatic rings. The molecule has 1 amide bonds. The first-order chi connectivity index (χ1) is 9.33. The van der Waals surface area contributed by atoms with Crippen molar-refractivity contribution >= 4 is 27.5 Å². The summed E-state index contributed by atoms with van der Waals surface area (Å²) in [5, 5.41) is 11.0. The van der Waals surface area contributed by atoms with E-state index in [1.54, 1.807) is 19.1 Å². The highest BCUT2D eigenvalue weighted by Gasteiger charge is 2.12. The largest absolute Gasteiger partial charge is 0.351 e. The molecule has 2 rings (SSSR count). The quantitative estimate of drug-likeness (QED) is 0.770. The van der Waals surface area contributed by atoms with E-state index >= 15 is 0 Å². The predicted octanol–water partition coefficient (Wildman–Crippen LogP) is 0.851. The standard InChI is InChI=1S/C11H12N4O4S/c1-7-5-10(19-14-7)11(16)13-8-3-2-4-9(6-8)15-20(12,17)18/h2-6,15H,1H3,(H,13,16)(H2,12,17,18). The first-order valence-electron chi connectivity index (χ1n) is 5.49. The van der Waals surface area contributed by atoms with Crippen LogP contribution in [0.2, 0.25) is 0 Å². The minimum atomic E-state index is -3.86. The van der Waals surface area contributed by atoms with Gasteiger partial charge >= 0.3 is 0 Å². The predicted molar refractivity (Wildman–Crippen MR) is 72.4 cm³/mol. The van der Waals surface area contributed by atoms with E-state index in [1.807, 2.05) is 0 Å². The van der Waals surface area contributed by atoms with Crippen LogP contribution >= 0.6 is 0 Å². The smallest absolute Gasteiger partial charge is 0.296 e. The number of aromatic nitrogens is 1. The molecule has 106 valence electrons. The van der Waals surface area contributed by atoms with Crippen molar-refractivity contribution in [2.45, 2.75) is 6.92 Å². The molecule has 1 aromatic carbocycles. The summed E-state index contributed by atoms with van der Waals surface area (Å²) in [6.45, 7) is 1.69. The van der Waals surface area contributed by atoms with Gasteiger partial charge in [0.1, 0.15) is 0 Å².